The van der Waals surface area contributed by atoms with Crippen LogP contribution in [0.4, 0.5) is 5.69 Å². The molecule has 0 atom stereocenters. The molecule has 0 aromatic heterocycles. The van der Waals surface area contributed by atoms with Gasteiger partial charge in [-0.3, -0.25) is 9.59 Å². The van der Waals surface area contributed by atoms with Crippen molar-refractivity contribution in [1.82, 2.24) is 9.80 Å². The molecule has 0 aliphatic carbocycles. The third-order valence-corrected chi connectivity index (χ3v) is 4.16. The van der Waals surface area contributed by atoms with Crippen LogP contribution in [0, 0.1) is 0 Å². The Kier molecular flexibility index (Phi) is 6.16. The summed E-state index contributed by atoms with van der Waals surface area (Å²) in [6, 6.07) is 4.41. The number of amides is 2. The van der Waals surface area contributed by atoms with Gasteiger partial charge in [0.2, 0.25) is 11.8 Å². The quantitative estimate of drug-likeness (QED) is 0.650. The minimum atomic E-state index is -0.532. The predicted octanol–water partition coefficient (Wildman–Crippen LogP) is 1.23. The molecule has 2 rings (SSSR count). The lowest BCUT2D eigenvalue weighted by atomic mass is 10.2. The van der Waals surface area contributed by atoms with E-state index in [1.165, 1.54) is 25.3 Å². The zero-order chi connectivity index (χ0) is 17.7. The summed E-state index contributed by atoms with van der Waals surface area (Å²) in [7, 11) is 3.26. The second kappa shape index (κ2) is 8.12. The average Bonchev–Trinajstić information content (AvgIpc) is 2.56. The number of nitrogens with zero attached hydrogens (tertiary/aromatic N) is 2. The first kappa shape index (κ1) is 18.2. The number of piperazine rings is 1. The molecule has 1 heterocycles. The maximum Gasteiger partial charge on any atom is 0.337 e. The molecule has 2 amide bonds. The van der Waals surface area contributed by atoms with E-state index in [2.05, 4.69) is 15.0 Å². The molecule has 24 heavy (non-hydrogen) atoms. The summed E-state index contributed by atoms with van der Waals surface area (Å²) in [6.45, 7) is 2.81. The number of halogens is 1. The zero-order valence-corrected chi connectivity index (χ0v) is 14.4. The standard InChI is InChI=1S/C16H20ClN3O4/c1-19-5-7-20(8-6-19)15(22)10-14(21)18-13-9-11(16(23)24-2)3-4-12(13)17/h3-4,9H,5-8,10H2,1-2H3,(H,18,21). The van der Waals surface area contributed by atoms with Gasteiger partial charge in [0, 0.05) is 26.2 Å². The molecular weight excluding hydrogens is 334 g/mol. The lowest BCUT2D eigenvalue weighted by Gasteiger charge is -2.32. The predicted molar refractivity (Wildman–Crippen MR) is 90.1 cm³/mol. The maximum atomic E-state index is 12.2. The van der Waals surface area contributed by atoms with E-state index in [9.17, 15) is 14.4 Å². The van der Waals surface area contributed by atoms with Crippen molar-refractivity contribution in [1.29, 1.82) is 0 Å². The molecule has 7 nitrogen and oxygen atoms in total. The summed E-state index contributed by atoms with van der Waals surface area (Å²) in [5.74, 6) is -1.22. The number of nitrogens with one attached hydrogen (secondary N) is 1. The molecule has 1 N–H and O–H groups in total. The molecule has 1 aromatic rings. The van der Waals surface area contributed by atoms with Gasteiger partial charge in [-0.05, 0) is 25.2 Å². The number of carbonyl (C=O) groups excluding carboxylic acids is 3. The first-order valence-electron chi connectivity index (χ1n) is 7.54. The Balaban J connectivity index is 1.96. The van der Waals surface area contributed by atoms with Gasteiger partial charge in [0.25, 0.3) is 0 Å². The SMILES string of the molecule is COC(=O)c1ccc(Cl)c(NC(=O)CC(=O)N2CCN(C)CC2)c1. The van der Waals surface area contributed by atoms with Crippen LogP contribution in [0.5, 0.6) is 0 Å². The monoisotopic (exact) mass is 353 g/mol. The number of ether oxygens (including phenoxy) is 1. The van der Waals surface area contributed by atoms with Crippen LogP contribution in [0.25, 0.3) is 0 Å². The number of benzene rings is 1. The Morgan fingerprint density at radius 3 is 2.50 bits per heavy atom. The van der Waals surface area contributed by atoms with Gasteiger partial charge in [-0.2, -0.15) is 0 Å². The molecule has 0 spiro atoms. The molecule has 0 bridgehead atoms. The number of hydrogen-bond acceptors (Lipinski definition) is 5. The van der Waals surface area contributed by atoms with Crippen molar-refractivity contribution in [3.63, 3.8) is 0 Å². The highest BCUT2D eigenvalue weighted by Crippen LogP contribution is 2.23. The molecule has 1 aliphatic heterocycles. The van der Waals surface area contributed by atoms with E-state index in [4.69, 9.17) is 11.6 Å². The Labute approximate surface area is 145 Å². The van der Waals surface area contributed by atoms with Gasteiger partial charge in [0.05, 0.1) is 23.4 Å². The third-order valence-electron chi connectivity index (χ3n) is 3.83. The summed E-state index contributed by atoms with van der Waals surface area (Å²) in [5, 5.41) is 2.85. The first-order chi connectivity index (χ1) is 11.4. The van der Waals surface area contributed by atoms with E-state index < -0.39 is 11.9 Å². The molecule has 130 valence electrons. The average molecular weight is 354 g/mol. The van der Waals surface area contributed by atoms with Gasteiger partial charge in [0.1, 0.15) is 6.42 Å². The highest BCUT2D eigenvalue weighted by Gasteiger charge is 2.21. The van der Waals surface area contributed by atoms with Crippen LogP contribution < -0.4 is 5.32 Å². The van der Waals surface area contributed by atoms with Crippen molar-refractivity contribution in [2.75, 3.05) is 45.7 Å². The van der Waals surface area contributed by atoms with Crippen LogP contribution in [-0.4, -0.2) is 67.9 Å². The summed E-state index contributed by atoms with van der Waals surface area (Å²) in [6.07, 6.45) is -0.261. The fourth-order valence-electron chi connectivity index (χ4n) is 2.37. The molecule has 1 aliphatic rings. The molecule has 0 radical (unpaired) electrons. The third kappa shape index (κ3) is 4.69. The highest BCUT2D eigenvalue weighted by atomic mass is 35.5. The van der Waals surface area contributed by atoms with Crippen LogP contribution in [0.2, 0.25) is 5.02 Å². The Bertz CT molecular complexity index is 642. The van der Waals surface area contributed by atoms with Crippen LogP contribution in [0.3, 0.4) is 0 Å². The molecule has 0 unspecified atom stereocenters. The van der Waals surface area contributed by atoms with Gasteiger partial charge >= 0.3 is 5.97 Å². The van der Waals surface area contributed by atoms with Crippen molar-refractivity contribution < 1.29 is 19.1 Å². The van der Waals surface area contributed by atoms with E-state index in [0.717, 1.165) is 13.1 Å². The van der Waals surface area contributed by atoms with Crippen LogP contribution in [0.15, 0.2) is 18.2 Å². The van der Waals surface area contributed by atoms with E-state index in [1.807, 2.05) is 7.05 Å². The summed E-state index contributed by atoms with van der Waals surface area (Å²) < 4.78 is 4.63. The van der Waals surface area contributed by atoms with Crippen LogP contribution in [0.1, 0.15) is 16.8 Å². The normalized spacial score (nSPS) is 15.0. The van der Waals surface area contributed by atoms with Crippen molar-refractivity contribution >= 4 is 35.1 Å². The maximum absolute atomic E-state index is 12.2. The van der Waals surface area contributed by atoms with Crippen molar-refractivity contribution in [2.45, 2.75) is 6.42 Å². The van der Waals surface area contributed by atoms with E-state index >= 15 is 0 Å². The van der Waals surface area contributed by atoms with Gasteiger partial charge in [-0.25, -0.2) is 4.79 Å². The minimum Gasteiger partial charge on any atom is -0.465 e. The Hall–Kier alpha value is -2.12. The number of rotatable bonds is 4. The number of methoxy groups -OCH3 is 1. The second-order valence-corrected chi connectivity index (χ2v) is 6.00. The number of anilines is 1. The van der Waals surface area contributed by atoms with Crippen molar-refractivity contribution in [3.05, 3.63) is 28.8 Å². The number of esters is 1. The fourth-order valence-corrected chi connectivity index (χ4v) is 2.53. The van der Waals surface area contributed by atoms with E-state index in [0.29, 0.717) is 13.1 Å². The smallest absolute Gasteiger partial charge is 0.337 e. The fraction of sp³-hybridized carbons (Fsp3) is 0.438. The van der Waals surface area contributed by atoms with Gasteiger partial charge in [-0.1, -0.05) is 11.6 Å². The number of likely N-dealkylation sites (N-methyl/N-ethyl adjacent to an activating group) is 1. The largest absolute Gasteiger partial charge is 0.465 e. The molecule has 1 saturated heterocycles. The summed E-state index contributed by atoms with van der Waals surface area (Å²) in [5.41, 5.74) is 0.540. The van der Waals surface area contributed by atoms with Crippen LogP contribution in [-0.2, 0) is 14.3 Å². The molecule has 0 saturated carbocycles. The van der Waals surface area contributed by atoms with Crippen LogP contribution >= 0.6 is 11.6 Å². The topological polar surface area (TPSA) is 78.9 Å². The van der Waals surface area contributed by atoms with E-state index in [-0.39, 0.29) is 28.6 Å². The first-order valence-corrected chi connectivity index (χ1v) is 7.92. The van der Waals surface area contributed by atoms with Gasteiger partial charge < -0.3 is 19.9 Å². The molecule has 1 fully saturated rings. The minimum absolute atomic E-state index is 0.221. The lowest BCUT2D eigenvalue weighted by Crippen LogP contribution is -2.47. The molecular formula is C16H20ClN3O4. The number of carbonyl (C=O) groups is 3. The number of hydrogen-bond donors (Lipinski definition) is 1. The van der Waals surface area contributed by atoms with Crippen molar-refractivity contribution in [3.8, 4) is 0 Å². The van der Waals surface area contributed by atoms with Crippen molar-refractivity contribution in [2.24, 2.45) is 0 Å². The Morgan fingerprint density at radius 1 is 1.21 bits per heavy atom. The Morgan fingerprint density at radius 2 is 1.88 bits per heavy atom. The summed E-state index contributed by atoms with van der Waals surface area (Å²) in [4.78, 5) is 39.6. The summed E-state index contributed by atoms with van der Waals surface area (Å²) >= 11 is 6.02. The zero-order valence-electron chi connectivity index (χ0n) is 13.7. The van der Waals surface area contributed by atoms with Gasteiger partial charge in [0.15, 0.2) is 0 Å². The highest BCUT2D eigenvalue weighted by molar-refractivity contribution is 6.34. The second-order valence-electron chi connectivity index (χ2n) is 5.60. The van der Waals surface area contributed by atoms with E-state index in [1.54, 1.807) is 4.90 Å². The van der Waals surface area contributed by atoms with Gasteiger partial charge in [-0.15, -0.1) is 0 Å². The molecule has 8 heteroatoms. The lowest BCUT2D eigenvalue weighted by molar-refractivity contribution is -0.135. The molecule has 1 aromatic carbocycles.